The molecular weight excluding hydrogens is 552 g/mol. The standard InChI is InChI=1S/C30H25ClN2O6S/c1-4-37-28(35)20-8-6-18(7-9-20)23-15-14-22(39-23)16-24-27(34)33-26(19-10-12-21(31)13-11-19)25(29(36)38-5-2)17(3)32-30(33)40-24/h6-16,26H,4-5H2,1-3H3/b24-16-/t26-/m0/s1. The van der Waals surface area contributed by atoms with Crippen LogP contribution in [0, 0.1) is 0 Å². The molecule has 0 unspecified atom stereocenters. The first-order valence-electron chi connectivity index (χ1n) is 12.6. The van der Waals surface area contributed by atoms with Gasteiger partial charge < -0.3 is 13.9 Å². The molecule has 2 aromatic carbocycles. The molecule has 40 heavy (non-hydrogen) atoms. The normalized spacial score (nSPS) is 15.0. The molecule has 2 aromatic heterocycles. The summed E-state index contributed by atoms with van der Waals surface area (Å²) in [6.45, 7) is 5.72. The van der Waals surface area contributed by atoms with Crippen molar-refractivity contribution in [2.75, 3.05) is 13.2 Å². The van der Waals surface area contributed by atoms with Gasteiger partial charge in [-0.25, -0.2) is 14.6 Å². The molecule has 1 aliphatic rings. The molecule has 0 fully saturated rings. The van der Waals surface area contributed by atoms with Crippen LogP contribution in [0.4, 0.5) is 0 Å². The zero-order chi connectivity index (χ0) is 28.4. The van der Waals surface area contributed by atoms with Gasteiger partial charge in [0.2, 0.25) is 0 Å². The second kappa shape index (κ2) is 11.5. The number of hydrogen-bond acceptors (Lipinski definition) is 8. The Morgan fingerprint density at radius 1 is 1.00 bits per heavy atom. The van der Waals surface area contributed by atoms with E-state index in [0.29, 0.717) is 54.9 Å². The number of nitrogens with zero attached hydrogens (tertiary/aromatic N) is 2. The summed E-state index contributed by atoms with van der Waals surface area (Å²) >= 11 is 7.32. The summed E-state index contributed by atoms with van der Waals surface area (Å²) in [6.07, 6.45) is 1.66. The van der Waals surface area contributed by atoms with Gasteiger partial charge in [-0.3, -0.25) is 9.36 Å². The van der Waals surface area contributed by atoms with Gasteiger partial charge in [-0.15, -0.1) is 0 Å². The van der Waals surface area contributed by atoms with Crippen molar-refractivity contribution in [2.45, 2.75) is 26.8 Å². The number of rotatable bonds is 7. The van der Waals surface area contributed by atoms with E-state index in [4.69, 9.17) is 25.5 Å². The van der Waals surface area contributed by atoms with Crippen LogP contribution in [0.15, 0.2) is 86.1 Å². The van der Waals surface area contributed by atoms with Crippen LogP contribution >= 0.6 is 22.9 Å². The van der Waals surface area contributed by atoms with Crippen LogP contribution in [-0.2, 0) is 14.3 Å². The number of thiazole rings is 1. The highest BCUT2D eigenvalue weighted by atomic mass is 35.5. The molecule has 0 N–H and O–H groups in total. The van der Waals surface area contributed by atoms with Crippen LogP contribution in [0.1, 0.15) is 48.5 Å². The molecule has 1 aliphatic heterocycles. The third-order valence-corrected chi connectivity index (χ3v) is 7.52. The molecule has 8 nitrogen and oxygen atoms in total. The molecule has 0 spiro atoms. The minimum atomic E-state index is -0.722. The predicted octanol–water partition coefficient (Wildman–Crippen LogP) is 4.89. The van der Waals surface area contributed by atoms with E-state index in [0.717, 1.165) is 5.56 Å². The minimum Gasteiger partial charge on any atom is -0.463 e. The van der Waals surface area contributed by atoms with E-state index in [1.54, 1.807) is 87.5 Å². The average Bonchev–Trinajstić information content (AvgIpc) is 3.53. The number of hydrogen-bond donors (Lipinski definition) is 0. The molecule has 10 heteroatoms. The third kappa shape index (κ3) is 5.30. The number of carbonyl (C=O) groups excluding carboxylic acids is 2. The van der Waals surface area contributed by atoms with E-state index < -0.39 is 12.0 Å². The van der Waals surface area contributed by atoms with Crippen molar-refractivity contribution >= 4 is 41.0 Å². The van der Waals surface area contributed by atoms with E-state index in [2.05, 4.69) is 4.99 Å². The zero-order valence-electron chi connectivity index (χ0n) is 22.0. The fourth-order valence-corrected chi connectivity index (χ4v) is 5.60. The number of halogens is 1. The number of furan rings is 1. The predicted molar refractivity (Wildman–Crippen MR) is 152 cm³/mol. The highest BCUT2D eigenvalue weighted by molar-refractivity contribution is 7.07. The number of allylic oxidation sites excluding steroid dienone is 1. The van der Waals surface area contributed by atoms with Crippen LogP contribution < -0.4 is 14.9 Å². The van der Waals surface area contributed by atoms with Gasteiger partial charge in [-0.2, -0.15) is 0 Å². The number of fused-ring (bicyclic) bond motifs is 1. The van der Waals surface area contributed by atoms with Crippen molar-refractivity contribution < 1.29 is 23.5 Å². The maximum atomic E-state index is 13.7. The van der Waals surface area contributed by atoms with Gasteiger partial charge in [-0.05, 0) is 62.7 Å². The fourth-order valence-electron chi connectivity index (χ4n) is 4.45. The summed E-state index contributed by atoms with van der Waals surface area (Å²) in [6, 6.07) is 16.7. The quantitative estimate of drug-likeness (QED) is 0.291. The lowest BCUT2D eigenvalue weighted by molar-refractivity contribution is -0.139. The summed E-state index contributed by atoms with van der Waals surface area (Å²) in [5, 5.41) is 0.540. The Bertz CT molecular complexity index is 1800. The molecule has 0 bridgehead atoms. The summed E-state index contributed by atoms with van der Waals surface area (Å²) in [5.41, 5.74) is 2.40. The lowest BCUT2D eigenvalue weighted by atomic mass is 9.96. The summed E-state index contributed by atoms with van der Waals surface area (Å²) < 4.78 is 18.3. The van der Waals surface area contributed by atoms with Crippen LogP contribution in [0.2, 0.25) is 5.02 Å². The maximum Gasteiger partial charge on any atom is 0.338 e. The van der Waals surface area contributed by atoms with Crippen LogP contribution in [0.5, 0.6) is 0 Å². The molecule has 0 saturated carbocycles. The monoisotopic (exact) mass is 576 g/mol. The number of esters is 2. The molecule has 3 heterocycles. The number of benzene rings is 2. The lowest BCUT2D eigenvalue weighted by Crippen LogP contribution is -2.39. The third-order valence-electron chi connectivity index (χ3n) is 6.28. The van der Waals surface area contributed by atoms with Gasteiger partial charge in [0.25, 0.3) is 5.56 Å². The average molecular weight is 577 g/mol. The lowest BCUT2D eigenvalue weighted by Gasteiger charge is -2.24. The Labute approximate surface area is 238 Å². The zero-order valence-corrected chi connectivity index (χ0v) is 23.5. The first-order chi connectivity index (χ1) is 19.3. The molecule has 1 atom stereocenters. The second-order valence-corrected chi connectivity index (χ2v) is 10.3. The maximum absolute atomic E-state index is 13.7. The van der Waals surface area contributed by atoms with Crippen molar-refractivity contribution in [3.8, 4) is 11.3 Å². The van der Waals surface area contributed by atoms with Gasteiger partial charge in [-0.1, -0.05) is 47.2 Å². The van der Waals surface area contributed by atoms with Crippen LogP contribution in [0.3, 0.4) is 0 Å². The second-order valence-electron chi connectivity index (χ2n) is 8.85. The molecule has 0 aliphatic carbocycles. The first-order valence-corrected chi connectivity index (χ1v) is 13.8. The molecule has 4 aromatic rings. The topological polar surface area (TPSA) is 100 Å². The van der Waals surface area contributed by atoms with Gasteiger partial charge >= 0.3 is 11.9 Å². The van der Waals surface area contributed by atoms with E-state index in [1.807, 2.05) is 0 Å². The minimum absolute atomic E-state index is 0.194. The molecular formula is C30H25ClN2O6S. The smallest absolute Gasteiger partial charge is 0.338 e. The van der Waals surface area contributed by atoms with Gasteiger partial charge in [0.1, 0.15) is 11.5 Å². The SMILES string of the molecule is CCOC(=O)C1=C(C)N=c2s/c(=C\c3ccc(-c4ccc(C(=O)OCC)cc4)o3)c(=O)n2[C@H]1c1ccc(Cl)cc1. The Morgan fingerprint density at radius 2 is 1.68 bits per heavy atom. The van der Waals surface area contributed by atoms with Crippen LogP contribution in [0.25, 0.3) is 17.4 Å². The van der Waals surface area contributed by atoms with E-state index >= 15 is 0 Å². The van der Waals surface area contributed by atoms with Gasteiger partial charge in [0.15, 0.2) is 4.80 Å². The molecule has 5 rings (SSSR count). The van der Waals surface area contributed by atoms with E-state index in [9.17, 15) is 14.4 Å². The van der Waals surface area contributed by atoms with Gasteiger partial charge in [0, 0.05) is 16.7 Å². The fraction of sp³-hybridized carbons (Fsp3) is 0.200. The molecule has 0 radical (unpaired) electrons. The van der Waals surface area contributed by atoms with Crippen molar-refractivity contribution in [2.24, 2.45) is 4.99 Å². The molecule has 0 amide bonds. The van der Waals surface area contributed by atoms with Crippen molar-refractivity contribution in [1.29, 1.82) is 0 Å². The van der Waals surface area contributed by atoms with Crippen molar-refractivity contribution in [3.63, 3.8) is 0 Å². The molecule has 0 saturated heterocycles. The number of ether oxygens (including phenoxy) is 2. The highest BCUT2D eigenvalue weighted by Crippen LogP contribution is 2.31. The van der Waals surface area contributed by atoms with E-state index in [-0.39, 0.29) is 18.1 Å². The summed E-state index contributed by atoms with van der Waals surface area (Å²) in [5.74, 6) is 0.137. The Hall–Kier alpha value is -4.21. The Balaban J connectivity index is 1.54. The van der Waals surface area contributed by atoms with Crippen molar-refractivity contribution in [3.05, 3.63) is 114 Å². The van der Waals surface area contributed by atoms with Crippen LogP contribution in [-0.4, -0.2) is 29.7 Å². The largest absolute Gasteiger partial charge is 0.463 e. The highest BCUT2D eigenvalue weighted by Gasteiger charge is 2.33. The first kappa shape index (κ1) is 27.4. The molecule has 204 valence electrons. The number of carbonyl (C=O) groups is 2. The Kier molecular flexibility index (Phi) is 7.86. The van der Waals surface area contributed by atoms with E-state index in [1.165, 1.54) is 15.9 Å². The summed E-state index contributed by atoms with van der Waals surface area (Å²) in [7, 11) is 0. The van der Waals surface area contributed by atoms with Crippen molar-refractivity contribution in [1.82, 2.24) is 4.57 Å². The van der Waals surface area contributed by atoms with Gasteiger partial charge in [0.05, 0.1) is 40.6 Å². The summed E-state index contributed by atoms with van der Waals surface area (Å²) in [4.78, 5) is 43.7. The Morgan fingerprint density at radius 3 is 2.35 bits per heavy atom. The number of aromatic nitrogens is 1.